The Balaban J connectivity index is 0.00000338. The van der Waals surface area contributed by atoms with Gasteiger partial charge in [0.15, 0.2) is 5.52 Å². The molecule has 3 nitrogen and oxygen atoms in total. The minimum absolute atomic E-state index is 0. The molecule has 0 bridgehead atoms. The molecule has 0 heterocycles. The van der Waals surface area contributed by atoms with Crippen LogP contribution in [0.3, 0.4) is 0 Å². The summed E-state index contributed by atoms with van der Waals surface area (Å²) in [6.07, 6.45) is 4.66. The zero-order chi connectivity index (χ0) is 18.1. The van der Waals surface area contributed by atoms with Gasteiger partial charge in [0.2, 0.25) is 0 Å². The van der Waals surface area contributed by atoms with E-state index >= 15 is 0 Å². The first-order chi connectivity index (χ1) is 12.2. The van der Waals surface area contributed by atoms with Crippen LogP contribution in [0.5, 0.6) is 11.5 Å². The van der Waals surface area contributed by atoms with Crippen molar-refractivity contribution in [1.82, 2.24) is 0 Å². The fourth-order valence-electron chi connectivity index (χ4n) is 2.43. The first-order valence-electron chi connectivity index (χ1n) is 8.52. The first-order valence-corrected chi connectivity index (χ1v) is 9.90. The Morgan fingerprint density at radius 1 is 1.12 bits per heavy atom. The molecule has 0 aliphatic heterocycles. The molecular formula is C20H25ClLiO3P. The van der Waals surface area contributed by atoms with E-state index in [0.29, 0.717) is 22.9 Å². The van der Waals surface area contributed by atoms with E-state index < -0.39 is 0 Å². The van der Waals surface area contributed by atoms with Crippen molar-refractivity contribution in [1.29, 1.82) is 0 Å². The second-order valence-electron chi connectivity index (χ2n) is 5.71. The fourth-order valence-corrected chi connectivity index (χ4v) is 3.68. The number of hydrogen-bond donors (Lipinski definition) is 0. The first kappa shape index (κ1) is 23.1. The maximum absolute atomic E-state index is 12.5. The van der Waals surface area contributed by atoms with Crippen molar-refractivity contribution in [3.8, 4) is 11.5 Å². The minimum atomic E-state index is -0.0539. The molecule has 1 unspecified atom stereocenters. The molecule has 0 fully saturated rings. The van der Waals surface area contributed by atoms with Crippen LogP contribution in [0.15, 0.2) is 42.5 Å². The molecule has 136 valence electrons. The standard InChI is InChI=1S/C20H24ClO3P.Li.H/c1-3-4-5-8-13-24-15-11-12-19(17(21)14-15)25-20(22)16-9-6-7-10-18(16)23-2;;/h6-7,9-12,14,25H,3-5,8,13H2,1-2H3;;. The quantitative estimate of drug-likeness (QED) is 0.334. The molecule has 2 aromatic rings. The molecule has 0 spiro atoms. The van der Waals surface area contributed by atoms with E-state index in [2.05, 4.69) is 6.92 Å². The number of carbonyl (C=O) groups is 1. The Hall–Kier alpha value is -0.973. The summed E-state index contributed by atoms with van der Waals surface area (Å²) in [6, 6.07) is 12.8. The average Bonchev–Trinajstić information content (AvgIpc) is 2.63. The van der Waals surface area contributed by atoms with Crippen LogP contribution in [0.1, 0.15) is 43.0 Å². The van der Waals surface area contributed by atoms with Crippen molar-refractivity contribution in [2.24, 2.45) is 0 Å². The normalized spacial score (nSPS) is 10.6. The van der Waals surface area contributed by atoms with Crippen LogP contribution in [-0.2, 0) is 0 Å². The van der Waals surface area contributed by atoms with Crippen LogP contribution in [0, 0.1) is 0 Å². The topological polar surface area (TPSA) is 35.5 Å². The third-order valence-electron chi connectivity index (χ3n) is 3.81. The molecule has 2 aromatic carbocycles. The van der Waals surface area contributed by atoms with Crippen molar-refractivity contribution in [3.63, 3.8) is 0 Å². The maximum atomic E-state index is 12.5. The van der Waals surface area contributed by atoms with Crippen molar-refractivity contribution >= 4 is 49.9 Å². The number of para-hydroxylation sites is 1. The number of hydrogen-bond acceptors (Lipinski definition) is 3. The number of benzene rings is 2. The summed E-state index contributed by atoms with van der Waals surface area (Å²) < 4.78 is 11.0. The van der Waals surface area contributed by atoms with Gasteiger partial charge in [0.25, 0.3) is 0 Å². The molecule has 0 aromatic heterocycles. The molecule has 0 N–H and O–H groups in total. The van der Waals surface area contributed by atoms with Gasteiger partial charge in [-0.25, -0.2) is 0 Å². The molecule has 26 heavy (non-hydrogen) atoms. The van der Waals surface area contributed by atoms with Crippen molar-refractivity contribution in [2.45, 2.75) is 32.6 Å². The number of ether oxygens (including phenoxy) is 2. The van der Waals surface area contributed by atoms with Crippen LogP contribution in [0.25, 0.3) is 0 Å². The fraction of sp³-hybridized carbons (Fsp3) is 0.350. The predicted octanol–water partition coefficient (Wildman–Crippen LogP) is 4.80. The van der Waals surface area contributed by atoms with Gasteiger partial charge in [-0.05, 0) is 50.6 Å². The van der Waals surface area contributed by atoms with Gasteiger partial charge in [-0.1, -0.05) is 49.9 Å². The summed E-state index contributed by atoms with van der Waals surface area (Å²) in [5, 5.41) is 1.38. The average molecular weight is 387 g/mol. The van der Waals surface area contributed by atoms with Crippen molar-refractivity contribution in [3.05, 3.63) is 53.1 Å². The molecular weight excluding hydrogens is 362 g/mol. The summed E-state index contributed by atoms with van der Waals surface area (Å²) in [5.41, 5.74) is 0.586. The summed E-state index contributed by atoms with van der Waals surface area (Å²) in [6.45, 7) is 2.88. The van der Waals surface area contributed by atoms with E-state index in [0.717, 1.165) is 17.5 Å². The van der Waals surface area contributed by atoms with Crippen LogP contribution in [0.4, 0.5) is 0 Å². The summed E-state index contributed by atoms with van der Waals surface area (Å²) in [5.74, 6) is 1.34. The third-order valence-corrected chi connectivity index (χ3v) is 5.48. The van der Waals surface area contributed by atoms with Gasteiger partial charge < -0.3 is 9.47 Å². The number of rotatable bonds is 10. The molecule has 0 saturated heterocycles. The molecule has 0 amide bonds. The van der Waals surface area contributed by atoms with Crippen LogP contribution >= 0.6 is 20.2 Å². The zero-order valence-electron chi connectivity index (χ0n) is 14.7. The SMILES string of the molecule is CCCCCCOc1ccc(PC(=O)c2ccccc2OC)c(Cl)c1.[LiH]. The Bertz CT molecular complexity index is 709. The summed E-state index contributed by atoms with van der Waals surface area (Å²) in [7, 11) is 1.51. The van der Waals surface area contributed by atoms with Gasteiger partial charge in [0.05, 0.1) is 24.3 Å². The Kier molecular flexibility index (Phi) is 11.0. The van der Waals surface area contributed by atoms with Crippen molar-refractivity contribution in [2.75, 3.05) is 13.7 Å². The van der Waals surface area contributed by atoms with E-state index in [1.807, 2.05) is 24.3 Å². The van der Waals surface area contributed by atoms with E-state index in [1.54, 1.807) is 25.3 Å². The van der Waals surface area contributed by atoms with Gasteiger partial charge in [-0.3, -0.25) is 4.79 Å². The van der Waals surface area contributed by atoms with Gasteiger partial charge in [-0.15, -0.1) is 0 Å². The Morgan fingerprint density at radius 3 is 2.58 bits per heavy atom. The molecule has 0 radical (unpaired) electrons. The van der Waals surface area contributed by atoms with Gasteiger partial charge in [0.1, 0.15) is 11.5 Å². The molecule has 6 heteroatoms. The van der Waals surface area contributed by atoms with Crippen molar-refractivity contribution < 1.29 is 14.3 Å². The molecule has 0 saturated carbocycles. The monoisotopic (exact) mass is 386 g/mol. The number of halogens is 1. The molecule has 1 atom stereocenters. The van der Waals surface area contributed by atoms with Gasteiger partial charge >= 0.3 is 18.9 Å². The van der Waals surface area contributed by atoms with E-state index in [-0.39, 0.29) is 33.0 Å². The molecule has 2 rings (SSSR count). The van der Waals surface area contributed by atoms with E-state index in [9.17, 15) is 4.79 Å². The molecule has 0 aliphatic carbocycles. The summed E-state index contributed by atoms with van der Waals surface area (Å²) in [4.78, 5) is 12.5. The van der Waals surface area contributed by atoms with Crippen LogP contribution in [-0.4, -0.2) is 38.1 Å². The predicted molar refractivity (Wildman–Crippen MR) is 114 cm³/mol. The second kappa shape index (κ2) is 12.4. The van der Waals surface area contributed by atoms with Crippen LogP contribution < -0.4 is 14.8 Å². The number of unbranched alkanes of at least 4 members (excludes halogenated alkanes) is 3. The second-order valence-corrected chi connectivity index (χ2v) is 7.36. The Morgan fingerprint density at radius 2 is 1.88 bits per heavy atom. The number of methoxy groups -OCH3 is 1. The van der Waals surface area contributed by atoms with E-state index in [1.165, 1.54) is 19.3 Å². The zero-order valence-corrected chi connectivity index (χ0v) is 16.4. The Labute approximate surface area is 174 Å². The third kappa shape index (κ3) is 6.97. The van der Waals surface area contributed by atoms with Gasteiger partial charge in [0, 0.05) is 0 Å². The van der Waals surface area contributed by atoms with Crippen LogP contribution in [0.2, 0.25) is 5.02 Å². The number of carbonyl (C=O) groups excluding carboxylic acids is 1. The summed E-state index contributed by atoms with van der Waals surface area (Å²) >= 11 is 6.34. The molecule has 0 aliphatic rings. The van der Waals surface area contributed by atoms with E-state index in [4.69, 9.17) is 21.1 Å². The van der Waals surface area contributed by atoms with Gasteiger partial charge in [-0.2, -0.15) is 0 Å².